The first-order valence-electron chi connectivity index (χ1n) is 6.73. The lowest BCUT2D eigenvalue weighted by molar-refractivity contribution is -0.124. The molecule has 2 rings (SSSR count). The lowest BCUT2D eigenvalue weighted by atomic mass is 9.76. The minimum absolute atomic E-state index is 0.0732. The smallest absolute Gasteiger partial charge is 0.165 e. The van der Waals surface area contributed by atoms with E-state index in [0.717, 1.165) is 44.3 Å². The van der Waals surface area contributed by atoms with Crippen LogP contribution in [-0.4, -0.2) is 18.9 Å². The number of ketones is 1. The SMILES string of the molecule is CCC1(C(=O)C2=CCCCCC2)CCNC1. The highest BCUT2D eigenvalue weighted by Gasteiger charge is 2.40. The Hall–Kier alpha value is -0.630. The molecule has 0 amide bonds. The second-order valence-corrected chi connectivity index (χ2v) is 5.22. The number of carbonyl (C=O) groups is 1. The third kappa shape index (κ3) is 2.22. The standard InChI is InChI=1S/C14H23NO/c1-2-14(9-10-15-11-14)13(16)12-7-5-3-4-6-8-12/h7,15H,2-6,8-11H2,1H3. The van der Waals surface area contributed by atoms with Gasteiger partial charge in [0.2, 0.25) is 0 Å². The highest BCUT2D eigenvalue weighted by atomic mass is 16.1. The molecule has 1 heterocycles. The molecule has 0 bridgehead atoms. The van der Waals surface area contributed by atoms with Crippen molar-refractivity contribution in [2.45, 2.75) is 51.9 Å². The molecular weight excluding hydrogens is 198 g/mol. The molecule has 0 radical (unpaired) electrons. The molecule has 1 aliphatic heterocycles. The van der Waals surface area contributed by atoms with Gasteiger partial charge in [0.15, 0.2) is 5.78 Å². The van der Waals surface area contributed by atoms with Crippen molar-refractivity contribution in [2.75, 3.05) is 13.1 Å². The van der Waals surface area contributed by atoms with E-state index in [0.29, 0.717) is 5.78 Å². The van der Waals surface area contributed by atoms with Crippen LogP contribution in [0.25, 0.3) is 0 Å². The zero-order chi connectivity index (χ0) is 11.4. The molecule has 1 saturated heterocycles. The van der Waals surface area contributed by atoms with Crippen LogP contribution in [0, 0.1) is 5.41 Å². The molecule has 0 aromatic carbocycles. The topological polar surface area (TPSA) is 29.1 Å². The second kappa shape index (κ2) is 5.13. The van der Waals surface area contributed by atoms with Crippen LogP contribution in [0.1, 0.15) is 51.9 Å². The van der Waals surface area contributed by atoms with Crippen molar-refractivity contribution in [2.24, 2.45) is 5.41 Å². The fourth-order valence-electron chi connectivity index (χ4n) is 2.96. The van der Waals surface area contributed by atoms with Gasteiger partial charge in [-0.1, -0.05) is 19.4 Å². The molecule has 2 heteroatoms. The summed E-state index contributed by atoms with van der Waals surface area (Å²) in [6.07, 6.45) is 10.1. The molecule has 0 saturated carbocycles. The number of rotatable bonds is 3. The zero-order valence-corrected chi connectivity index (χ0v) is 10.3. The van der Waals surface area contributed by atoms with Gasteiger partial charge in [0.05, 0.1) is 0 Å². The van der Waals surface area contributed by atoms with Gasteiger partial charge in [-0.15, -0.1) is 0 Å². The number of nitrogens with one attached hydrogen (secondary N) is 1. The van der Waals surface area contributed by atoms with Crippen molar-refractivity contribution in [1.82, 2.24) is 5.32 Å². The Morgan fingerprint density at radius 3 is 3.00 bits per heavy atom. The van der Waals surface area contributed by atoms with E-state index >= 15 is 0 Å². The van der Waals surface area contributed by atoms with Crippen LogP contribution < -0.4 is 5.32 Å². The van der Waals surface area contributed by atoms with E-state index in [9.17, 15) is 4.79 Å². The number of carbonyl (C=O) groups excluding carboxylic acids is 1. The molecule has 1 unspecified atom stereocenters. The van der Waals surface area contributed by atoms with Crippen LogP contribution in [0.2, 0.25) is 0 Å². The van der Waals surface area contributed by atoms with Gasteiger partial charge in [-0.3, -0.25) is 4.79 Å². The molecule has 1 atom stereocenters. The number of Topliss-reactive ketones (excluding diaryl/α,β-unsaturated/α-hetero) is 1. The third-order valence-corrected chi connectivity index (χ3v) is 4.23. The monoisotopic (exact) mass is 221 g/mol. The Balaban J connectivity index is 2.12. The highest BCUT2D eigenvalue weighted by molar-refractivity contribution is 6.00. The predicted octanol–water partition coefficient (Wildman–Crippen LogP) is 2.84. The Bertz CT molecular complexity index is 287. The molecule has 16 heavy (non-hydrogen) atoms. The van der Waals surface area contributed by atoms with Gasteiger partial charge >= 0.3 is 0 Å². The molecule has 1 fully saturated rings. The van der Waals surface area contributed by atoms with Crippen LogP contribution in [-0.2, 0) is 4.79 Å². The van der Waals surface area contributed by atoms with Gasteiger partial charge in [-0.05, 0) is 50.6 Å². The Labute approximate surface area is 98.5 Å². The van der Waals surface area contributed by atoms with Crippen LogP contribution in [0.3, 0.4) is 0 Å². The van der Waals surface area contributed by atoms with Gasteiger partial charge in [0.25, 0.3) is 0 Å². The van der Waals surface area contributed by atoms with Crippen LogP contribution in [0.15, 0.2) is 11.6 Å². The van der Waals surface area contributed by atoms with Crippen LogP contribution in [0.5, 0.6) is 0 Å². The largest absolute Gasteiger partial charge is 0.316 e. The van der Waals surface area contributed by atoms with Crippen LogP contribution >= 0.6 is 0 Å². The summed E-state index contributed by atoms with van der Waals surface area (Å²) in [5.41, 5.74) is 1.05. The first kappa shape index (κ1) is 11.8. The molecular formula is C14H23NO. The quantitative estimate of drug-likeness (QED) is 0.794. The lowest BCUT2D eigenvalue weighted by Gasteiger charge is -2.26. The predicted molar refractivity (Wildman–Crippen MR) is 66.4 cm³/mol. The van der Waals surface area contributed by atoms with Crippen molar-refractivity contribution >= 4 is 5.78 Å². The molecule has 0 aromatic heterocycles. The Morgan fingerprint density at radius 2 is 2.31 bits per heavy atom. The molecule has 1 N–H and O–H groups in total. The van der Waals surface area contributed by atoms with Crippen molar-refractivity contribution < 1.29 is 4.79 Å². The van der Waals surface area contributed by atoms with E-state index in [4.69, 9.17) is 0 Å². The second-order valence-electron chi connectivity index (χ2n) is 5.22. The number of hydrogen-bond acceptors (Lipinski definition) is 2. The van der Waals surface area contributed by atoms with E-state index in [2.05, 4.69) is 18.3 Å². The fraction of sp³-hybridized carbons (Fsp3) is 0.786. The maximum atomic E-state index is 12.6. The van der Waals surface area contributed by atoms with Crippen molar-refractivity contribution in [1.29, 1.82) is 0 Å². The molecule has 1 aliphatic carbocycles. The molecule has 90 valence electrons. The lowest BCUT2D eigenvalue weighted by Crippen LogP contribution is -2.34. The summed E-state index contributed by atoms with van der Waals surface area (Å²) in [4.78, 5) is 12.6. The summed E-state index contributed by atoms with van der Waals surface area (Å²) in [5, 5.41) is 3.35. The maximum absolute atomic E-state index is 12.6. The van der Waals surface area contributed by atoms with Gasteiger partial charge in [-0.25, -0.2) is 0 Å². The van der Waals surface area contributed by atoms with Gasteiger partial charge in [-0.2, -0.15) is 0 Å². The summed E-state index contributed by atoms with van der Waals surface area (Å²) in [6.45, 7) is 4.05. The Kier molecular flexibility index (Phi) is 3.80. The summed E-state index contributed by atoms with van der Waals surface area (Å²) in [7, 11) is 0. The molecule has 0 aromatic rings. The van der Waals surface area contributed by atoms with E-state index in [-0.39, 0.29) is 5.41 Å². The minimum atomic E-state index is -0.0732. The van der Waals surface area contributed by atoms with Crippen molar-refractivity contribution in [3.05, 3.63) is 11.6 Å². The normalized spacial score (nSPS) is 30.9. The molecule has 2 aliphatic rings. The van der Waals surface area contributed by atoms with E-state index in [1.54, 1.807) is 0 Å². The number of allylic oxidation sites excluding steroid dienone is 2. The van der Waals surface area contributed by atoms with Gasteiger partial charge in [0, 0.05) is 12.0 Å². The van der Waals surface area contributed by atoms with Crippen molar-refractivity contribution in [3.8, 4) is 0 Å². The maximum Gasteiger partial charge on any atom is 0.165 e. The summed E-state index contributed by atoms with van der Waals surface area (Å²) in [5.74, 6) is 0.446. The number of hydrogen-bond donors (Lipinski definition) is 1. The minimum Gasteiger partial charge on any atom is -0.316 e. The van der Waals surface area contributed by atoms with Crippen LogP contribution in [0.4, 0.5) is 0 Å². The van der Waals surface area contributed by atoms with E-state index in [1.165, 1.54) is 19.3 Å². The average Bonchev–Trinajstić information content (AvgIpc) is 2.64. The summed E-state index contributed by atoms with van der Waals surface area (Å²) >= 11 is 0. The Morgan fingerprint density at radius 1 is 1.44 bits per heavy atom. The molecule has 0 spiro atoms. The average molecular weight is 221 g/mol. The molecule has 2 nitrogen and oxygen atoms in total. The van der Waals surface area contributed by atoms with Crippen molar-refractivity contribution in [3.63, 3.8) is 0 Å². The zero-order valence-electron chi connectivity index (χ0n) is 10.3. The summed E-state index contributed by atoms with van der Waals surface area (Å²) < 4.78 is 0. The van der Waals surface area contributed by atoms with Gasteiger partial charge < -0.3 is 5.32 Å². The first-order valence-corrected chi connectivity index (χ1v) is 6.73. The highest BCUT2D eigenvalue weighted by Crippen LogP contribution is 2.35. The van der Waals surface area contributed by atoms with E-state index in [1.807, 2.05) is 0 Å². The van der Waals surface area contributed by atoms with E-state index < -0.39 is 0 Å². The third-order valence-electron chi connectivity index (χ3n) is 4.23. The summed E-state index contributed by atoms with van der Waals surface area (Å²) in [6, 6.07) is 0. The first-order chi connectivity index (χ1) is 7.78. The van der Waals surface area contributed by atoms with Gasteiger partial charge in [0.1, 0.15) is 0 Å². The fourth-order valence-corrected chi connectivity index (χ4v) is 2.96.